The lowest BCUT2D eigenvalue weighted by Crippen LogP contribution is -2.15. The van der Waals surface area contributed by atoms with Crippen molar-refractivity contribution >= 4 is 17.3 Å². The zero-order valence-electron chi connectivity index (χ0n) is 12.7. The number of carbonyl (C=O) groups is 2. The molecule has 0 spiro atoms. The SMILES string of the molecule is C=C(CC(C)(C)CC(C)=O)c1ccc(OC(C)=O)cc1. The third kappa shape index (κ3) is 5.39. The maximum atomic E-state index is 11.2. The summed E-state index contributed by atoms with van der Waals surface area (Å²) in [7, 11) is 0. The molecule has 3 heteroatoms. The van der Waals surface area contributed by atoms with Gasteiger partial charge in [0, 0.05) is 13.3 Å². The molecule has 0 aliphatic carbocycles. The van der Waals surface area contributed by atoms with Gasteiger partial charge in [-0.15, -0.1) is 0 Å². The van der Waals surface area contributed by atoms with E-state index in [0.29, 0.717) is 12.2 Å². The largest absolute Gasteiger partial charge is 0.427 e. The fourth-order valence-corrected chi connectivity index (χ4v) is 2.34. The summed E-state index contributed by atoms with van der Waals surface area (Å²) in [5.74, 6) is 0.379. The highest BCUT2D eigenvalue weighted by Gasteiger charge is 2.21. The van der Waals surface area contributed by atoms with E-state index < -0.39 is 0 Å². The molecule has 1 aromatic rings. The number of carbonyl (C=O) groups excluding carboxylic acids is 2. The molecule has 0 fully saturated rings. The van der Waals surface area contributed by atoms with Crippen molar-refractivity contribution in [2.75, 3.05) is 0 Å². The molecule has 0 bridgehead atoms. The van der Waals surface area contributed by atoms with Gasteiger partial charge in [-0.05, 0) is 42.0 Å². The lowest BCUT2D eigenvalue weighted by atomic mass is 9.80. The summed E-state index contributed by atoms with van der Waals surface area (Å²) in [6, 6.07) is 7.26. The molecule has 20 heavy (non-hydrogen) atoms. The van der Waals surface area contributed by atoms with Crippen LogP contribution in [-0.2, 0) is 9.59 Å². The van der Waals surface area contributed by atoms with Gasteiger partial charge < -0.3 is 9.53 Å². The highest BCUT2D eigenvalue weighted by atomic mass is 16.5. The molecule has 0 aliphatic heterocycles. The van der Waals surface area contributed by atoms with Crippen LogP contribution >= 0.6 is 0 Å². The molecule has 0 aliphatic rings. The van der Waals surface area contributed by atoms with E-state index in [1.165, 1.54) is 6.92 Å². The van der Waals surface area contributed by atoms with Crippen molar-refractivity contribution < 1.29 is 14.3 Å². The van der Waals surface area contributed by atoms with Gasteiger partial charge >= 0.3 is 5.97 Å². The molecule has 0 amide bonds. The van der Waals surface area contributed by atoms with Gasteiger partial charge in [-0.1, -0.05) is 32.6 Å². The lowest BCUT2D eigenvalue weighted by molar-refractivity contribution is -0.131. The Morgan fingerprint density at radius 3 is 2.10 bits per heavy atom. The standard InChI is InChI=1S/C17H22O3/c1-12(10-17(4,5)11-13(2)18)15-6-8-16(9-7-15)20-14(3)19/h6-9H,1,10-11H2,2-5H3. The van der Waals surface area contributed by atoms with Gasteiger partial charge in [-0.2, -0.15) is 0 Å². The van der Waals surface area contributed by atoms with Gasteiger partial charge in [0.1, 0.15) is 11.5 Å². The van der Waals surface area contributed by atoms with Gasteiger partial charge in [0.2, 0.25) is 0 Å². The Bertz CT molecular complexity index is 510. The number of rotatable bonds is 6. The van der Waals surface area contributed by atoms with E-state index in [0.717, 1.165) is 17.6 Å². The second-order valence-corrected chi connectivity index (χ2v) is 5.94. The first-order chi connectivity index (χ1) is 9.19. The molecular weight excluding hydrogens is 252 g/mol. The first kappa shape index (κ1) is 16.2. The van der Waals surface area contributed by atoms with Crippen molar-refractivity contribution in [2.24, 2.45) is 5.41 Å². The highest BCUT2D eigenvalue weighted by Crippen LogP contribution is 2.33. The second kappa shape index (κ2) is 6.51. The Kier molecular flexibility index (Phi) is 5.26. The molecule has 3 nitrogen and oxygen atoms in total. The number of ketones is 1. The van der Waals surface area contributed by atoms with E-state index in [4.69, 9.17) is 4.74 Å². The number of Topliss-reactive ketones (excluding diaryl/α,β-unsaturated/α-hetero) is 1. The van der Waals surface area contributed by atoms with E-state index in [9.17, 15) is 9.59 Å². The van der Waals surface area contributed by atoms with Gasteiger partial charge in [0.05, 0.1) is 0 Å². The molecule has 0 saturated carbocycles. The average molecular weight is 274 g/mol. The van der Waals surface area contributed by atoms with E-state index in [2.05, 4.69) is 20.4 Å². The van der Waals surface area contributed by atoms with Crippen LogP contribution < -0.4 is 4.74 Å². The minimum atomic E-state index is -0.334. The van der Waals surface area contributed by atoms with E-state index >= 15 is 0 Å². The summed E-state index contributed by atoms with van der Waals surface area (Å²) in [5.41, 5.74) is 1.88. The predicted molar refractivity (Wildman–Crippen MR) is 80.5 cm³/mol. The van der Waals surface area contributed by atoms with E-state index in [1.54, 1.807) is 19.1 Å². The molecule has 0 aromatic heterocycles. The Hall–Kier alpha value is -1.90. The van der Waals surface area contributed by atoms with Crippen LogP contribution in [0.4, 0.5) is 0 Å². The van der Waals surface area contributed by atoms with E-state index in [-0.39, 0.29) is 17.2 Å². The fraction of sp³-hybridized carbons (Fsp3) is 0.412. The molecule has 1 rings (SSSR count). The fourth-order valence-electron chi connectivity index (χ4n) is 2.34. The topological polar surface area (TPSA) is 43.4 Å². The number of ether oxygens (including phenoxy) is 1. The third-order valence-corrected chi connectivity index (χ3v) is 2.94. The molecule has 0 atom stereocenters. The molecule has 0 N–H and O–H groups in total. The van der Waals surface area contributed by atoms with Crippen molar-refractivity contribution in [1.82, 2.24) is 0 Å². The summed E-state index contributed by atoms with van der Waals surface area (Å²) in [6.45, 7) is 11.2. The maximum absolute atomic E-state index is 11.2. The van der Waals surface area contributed by atoms with Crippen LogP contribution in [0.3, 0.4) is 0 Å². The monoisotopic (exact) mass is 274 g/mol. The van der Waals surface area contributed by atoms with Crippen LogP contribution in [0.1, 0.15) is 46.1 Å². The van der Waals surface area contributed by atoms with Crippen LogP contribution in [-0.4, -0.2) is 11.8 Å². The number of allylic oxidation sites excluding steroid dienone is 1. The molecule has 108 valence electrons. The Morgan fingerprint density at radius 2 is 1.65 bits per heavy atom. The summed E-state index contributed by atoms with van der Waals surface area (Å²) in [4.78, 5) is 22.1. The quantitative estimate of drug-likeness (QED) is 0.581. The highest BCUT2D eigenvalue weighted by molar-refractivity contribution is 5.76. The van der Waals surface area contributed by atoms with Crippen molar-refractivity contribution in [3.8, 4) is 5.75 Å². The molecule has 0 radical (unpaired) electrons. The van der Waals surface area contributed by atoms with Crippen LogP contribution in [0, 0.1) is 5.41 Å². The van der Waals surface area contributed by atoms with E-state index in [1.807, 2.05) is 12.1 Å². The van der Waals surface area contributed by atoms with Crippen LogP contribution in [0.25, 0.3) is 5.57 Å². The number of hydrogen-bond acceptors (Lipinski definition) is 3. The maximum Gasteiger partial charge on any atom is 0.308 e. The summed E-state index contributed by atoms with van der Waals surface area (Å²) >= 11 is 0. The second-order valence-electron chi connectivity index (χ2n) is 5.94. The van der Waals surface area contributed by atoms with Crippen molar-refractivity contribution in [1.29, 1.82) is 0 Å². The third-order valence-electron chi connectivity index (χ3n) is 2.94. The van der Waals surface area contributed by atoms with Crippen molar-refractivity contribution in [3.63, 3.8) is 0 Å². The Balaban J connectivity index is 2.73. The lowest BCUT2D eigenvalue weighted by Gasteiger charge is -2.24. The summed E-state index contributed by atoms with van der Waals surface area (Å²) in [6.07, 6.45) is 1.29. The van der Waals surface area contributed by atoms with Crippen LogP contribution in [0.15, 0.2) is 30.8 Å². The number of esters is 1. The summed E-state index contributed by atoms with van der Waals surface area (Å²) < 4.78 is 4.99. The normalized spacial score (nSPS) is 11.0. The zero-order valence-corrected chi connectivity index (χ0v) is 12.7. The van der Waals surface area contributed by atoms with Gasteiger partial charge in [0.25, 0.3) is 0 Å². The molecule has 0 heterocycles. The summed E-state index contributed by atoms with van der Waals surface area (Å²) in [5, 5.41) is 0. The van der Waals surface area contributed by atoms with Crippen molar-refractivity contribution in [2.45, 2.75) is 40.5 Å². The first-order valence-electron chi connectivity index (χ1n) is 6.66. The molecule has 0 saturated heterocycles. The van der Waals surface area contributed by atoms with Crippen molar-refractivity contribution in [3.05, 3.63) is 36.4 Å². The number of hydrogen-bond donors (Lipinski definition) is 0. The minimum Gasteiger partial charge on any atom is -0.427 e. The van der Waals surface area contributed by atoms with Gasteiger partial charge in [0.15, 0.2) is 0 Å². The Morgan fingerprint density at radius 1 is 1.10 bits per heavy atom. The number of benzene rings is 1. The van der Waals surface area contributed by atoms with Gasteiger partial charge in [-0.25, -0.2) is 0 Å². The first-order valence-corrected chi connectivity index (χ1v) is 6.66. The average Bonchev–Trinajstić information content (AvgIpc) is 2.26. The molecule has 1 aromatic carbocycles. The Labute approximate surface area is 120 Å². The minimum absolute atomic E-state index is 0.0997. The molecule has 0 unspecified atom stereocenters. The smallest absolute Gasteiger partial charge is 0.308 e. The van der Waals surface area contributed by atoms with Crippen LogP contribution in [0.2, 0.25) is 0 Å². The van der Waals surface area contributed by atoms with Gasteiger partial charge in [-0.3, -0.25) is 4.79 Å². The molecular formula is C17H22O3. The predicted octanol–water partition coefficient (Wildman–Crippen LogP) is 4.02. The van der Waals surface area contributed by atoms with Crippen LogP contribution in [0.5, 0.6) is 5.75 Å². The zero-order chi connectivity index (χ0) is 15.3.